The van der Waals surface area contributed by atoms with Crippen LogP contribution in [0.15, 0.2) is 6.20 Å². The molecule has 1 saturated heterocycles. The lowest BCUT2D eigenvalue weighted by atomic mass is 9.93. The fourth-order valence-electron chi connectivity index (χ4n) is 3.08. The molecule has 138 valence electrons. The summed E-state index contributed by atoms with van der Waals surface area (Å²) >= 11 is 1.61. The van der Waals surface area contributed by atoms with E-state index < -0.39 is 0 Å². The van der Waals surface area contributed by atoms with Gasteiger partial charge in [0.2, 0.25) is 16.0 Å². The number of fused-ring (bicyclic) bond motifs is 1. The van der Waals surface area contributed by atoms with Crippen molar-refractivity contribution in [2.75, 3.05) is 24.5 Å². The first kappa shape index (κ1) is 18.2. The zero-order valence-electron chi connectivity index (χ0n) is 15.7. The highest BCUT2D eigenvalue weighted by Crippen LogP contribution is 2.30. The van der Waals surface area contributed by atoms with Gasteiger partial charge in [0, 0.05) is 25.0 Å². The second-order valence-electron chi connectivity index (χ2n) is 7.92. The SMILES string of the molecule is CCCCNC(=O)C1CCCN(c2nn3cc(C(C)(C)C)nc3s2)C1. The van der Waals surface area contributed by atoms with Gasteiger partial charge in [-0.15, -0.1) is 5.10 Å². The number of anilines is 1. The maximum atomic E-state index is 12.4. The topological polar surface area (TPSA) is 62.5 Å². The molecule has 25 heavy (non-hydrogen) atoms. The van der Waals surface area contributed by atoms with E-state index in [-0.39, 0.29) is 17.2 Å². The van der Waals surface area contributed by atoms with E-state index in [1.165, 1.54) is 0 Å². The van der Waals surface area contributed by atoms with Crippen LogP contribution in [-0.2, 0) is 10.2 Å². The van der Waals surface area contributed by atoms with E-state index in [1.54, 1.807) is 11.3 Å². The van der Waals surface area contributed by atoms with Crippen molar-refractivity contribution < 1.29 is 4.79 Å². The molecular weight excluding hydrogens is 334 g/mol. The summed E-state index contributed by atoms with van der Waals surface area (Å²) in [5, 5.41) is 8.74. The number of piperidine rings is 1. The Morgan fingerprint density at radius 1 is 1.44 bits per heavy atom. The Balaban J connectivity index is 1.68. The second-order valence-corrected chi connectivity index (χ2v) is 8.85. The van der Waals surface area contributed by atoms with Crippen molar-refractivity contribution in [1.29, 1.82) is 0 Å². The fraction of sp³-hybridized carbons (Fsp3) is 0.722. The molecule has 0 spiro atoms. The van der Waals surface area contributed by atoms with Crippen LogP contribution in [0.25, 0.3) is 4.96 Å². The first-order valence-corrected chi connectivity index (χ1v) is 10.1. The van der Waals surface area contributed by atoms with Crippen LogP contribution in [0.2, 0.25) is 0 Å². The third kappa shape index (κ3) is 4.14. The molecule has 1 fully saturated rings. The number of carbonyl (C=O) groups is 1. The summed E-state index contributed by atoms with van der Waals surface area (Å²) in [5.74, 6) is 0.251. The first-order valence-electron chi connectivity index (χ1n) is 9.28. The summed E-state index contributed by atoms with van der Waals surface area (Å²) in [6.45, 7) is 11.1. The van der Waals surface area contributed by atoms with E-state index >= 15 is 0 Å². The minimum Gasteiger partial charge on any atom is -0.356 e. The molecule has 1 N–H and O–H groups in total. The van der Waals surface area contributed by atoms with Crippen LogP contribution in [0.1, 0.15) is 59.1 Å². The number of amides is 1. The molecule has 3 heterocycles. The van der Waals surface area contributed by atoms with E-state index in [9.17, 15) is 4.79 Å². The van der Waals surface area contributed by atoms with Crippen LogP contribution >= 0.6 is 11.3 Å². The number of imidazole rings is 1. The van der Waals surface area contributed by atoms with Crippen LogP contribution in [0.3, 0.4) is 0 Å². The Kier molecular flexibility index (Phi) is 5.32. The number of aromatic nitrogens is 3. The minimum atomic E-state index is 0.0282. The predicted octanol–water partition coefficient (Wildman–Crippen LogP) is 3.22. The van der Waals surface area contributed by atoms with Gasteiger partial charge in [-0.25, -0.2) is 9.50 Å². The maximum Gasteiger partial charge on any atom is 0.224 e. The number of nitrogens with one attached hydrogen (secondary N) is 1. The van der Waals surface area contributed by atoms with Crippen molar-refractivity contribution in [3.05, 3.63) is 11.9 Å². The predicted molar refractivity (Wildman–Crippen MR) is 102 cm³/mol. The van der Waals surface area contributed by atoms with Crippen LogP contribution in [-0.4, -0.2) is 40.1 Å². The summed E-state index contributed by atoms with van der Waals surface area (Å²) in [4.78, 5) is 20.2. The fourth-order valence-corrected chi connectivity index (χ4v) is 3.99. The van der Waals surface area contributed by atoms with Gasteiger partial charge in [0.05, 0.1) is 17.8 Å². The molecule has 0 aliphatic carbocycles. The van der Waals surface area contributed by atoms with Crippen LogP contribution in [0, 0.1) is 5.92 Å². The Hall–Kier alpha value is -1.63. The minimum absolute atomic E-state index is 0.0282. The van der Waals surface area contributed by atoms with Gasteiger partial charge in [-0.3, -0.25) is 4.79 Å². The monoisotopic (exact) mass is 363 g/mol. The molecule has 1 amide bonds. The summed E-state index contributed by atoms with van der Waals surface area (Å²) in [5.41, 5.74) is 1.09. The van der Waals surface area contributed by atoms with Crippen molar-refractivity contribution in [2.45, 2.75) is 58.8 Å². The molecule has 3 rings (SSSR count). The highest BCUT2D eigenvalue weighted by molar-refractivity contribution is 7.20. The Morgan fingerprint density at radius 2 is 2.24 bits per heavy atom. The smallest absolute Gasteiger partial charge is 0.224 e. The maximum absolute atomic E-state index is 12.4. The number of nitrogens with zero attached hydrogens (tertiary/aromatic N) is 4. The molecule has 0 bridgehead atoms. The first-order chi connectivity index (χ1) is 11.9. The Morgan fingerprint density at radius 3 is 2.92 bits per heavy atom. The summed E-state index contributed by atoms with van der Waals surface area (Å²) < 4.78 is 1.88. The largest absolute Gasteiger partial charge is 0.356 e. The van der Waals surface area contributed by atoms with Crippen LogP contribution in [0.4, 0.5) is 5.13 Å². The molecule has 2 aromatic heterocycles. The van der Waals surface area contributed by atoms with Gasteiger partial charge in [0.1, 0.15) is 0 Å². The summed E-state index contributed by atoms with van der Waals surface area (Å²) in [6.07, 6.45) is 6.16. The second kappa shape index (κ2) is 7.32. The van der Waals surface area contributed by atoms with E-state index in [0.717, 1.165) is 61.1 Å². The van der Waals surface area contributed by atoms with Crippen molar-refractivity contribution in [3.8, 4) is 0 Å². The van der Waals surface area contributed by atoms with E-state index in [1.807, 2.05) is 10.7 Å². The quantitative estimate of drug-likeness (QED) is 0.829. The average molecular weight is 364 g/mol. The molecule has 0 saturated carbocycles. The van der Waals surface area contributed by atoms with Crippen LogP contribution < -0.4 is 10.2 Å². The lowest BCUT2D eigenvalue weighted by Gasteiger charge is -2.31. The van der Waals surface area contributed by atoms with E-state index in [4.69, 9.17) is 10.1 Å². The third-order valence-electron chi connectivity index (χ3n) is 4.69. The average Bonchev–Trinajstić information content (AvgIpc) is 3.13. The van der Waals surface area contributed by atoms with Gasteiger partial charge >= 0.3 is 0 Å². The molecular formula is C18H29N5OS. The van der Waals surface area contributed by atoms with Gasteiger partial charge in [0.25, 0.3) is 0 Å². The molecule has 1 aliphatic rings. The van der Waals surface area contributed by atoms with E-state index in [2.05, 4.69) is 37.9 Å². The molecule has 2 aromatic rings. The molecule has 6 nitrogen and oxygen atoms in total. The number of hydrogen-bond donors (Lipinski definition) is 1. The van der Waals surface area contributed by atoms with Crippen molar-refractivity contribution in [1.82, 2.24) is 19.9 Å². The number of carbonyl (C=O) groups excluding carboxylic acids is 1. The Bertz CT molecular complexity index is 698. The summed E-state index contributed by atoms with van der Waals surface area (Å²) in [7, 11) is 0. The number of rotatable bonds is 5. The number of unbranched alkanes of at least 4 members (excludes halogenated alkanes) is 1. The zero-order chi connectivity index (χ0) is 18.0. The van der Waals surface area contributed by atoms with E-state index in [0.29, 0.717) is 0 Å². The molecule has 7 heteroatoms. The van der Waals surface area contributed by atoms with Crippen molar-refractivity contribution >= 4 is 27.3 Å². The lowest BCUT2D eigenvalue weighted by molar-refractivity contribution is -0.125. The van der Waals surface area contributed by atoms with Crippen molar-refractivity contribution in [3.63, 3.8) is 0 Å². The number of hydrogen-bond acceptors (Lipinski definition) is 5. The zero-order valence-corrected chi connectivity index (χ0v) is 16.5. The van der Waals surface area contributed by atoms with Crippen LogP contribution in [0.5, 0.6) is 0 Å². The molecule has 1 unspecified atom stereocenters. The highest BCUT2D eigenvalue weighted by Gasteiger charge is 2.28. The molecule has 0 radical (unpaired) electrons. The third-order valence-corrected chi connectivity index (χ3v) is 5.68. The highest BCUT2D eigenvalue weighted by atomic mass is 32.1. The lowest BCUT2D eigenvalue weighted by Crippen LogP contribution is -2.43. The van der Waals surface area contributed by atoms with Gasteiger partial charge in [-0.1, -0.05) is 45.5 Å². The van der Waals surface area contributed by atoms with Crippen molar-refractivity contribution in [2.24, 2.45) is 5.92 Å². The normalized spacial score (nSPS) is 18.7. The van der Waals surface area contributed by atoms with Gasteiger partial charge in [-0.05, 0) is 19.3 Å². The molecule has 0 aromatic carbocycles. The van der Waals surface area contributed by atoms with Gasteiger partial charge in [-0.2, -0.15) is 0 Å². The molecule has 1 atom stereocenters. The van der Waals surface area contributed by atoms with Gasteiger partial charge < -0.3 is 10.2 Å². The Labute approximate surface area is 153 Å². The standard InChI is InChI=1S/C18H29N5OS/c1-5-6-9-19-15(24)13-8-7-10-22(11-13)17-21-23-12-14(18(2,3)4)20-16(23)25-17/h12-13H,5-11H2,1-4H3,(H,19,24). The summed E-state index contributed by atoms with van der Waals surface area (Å²) in [6, 6.07) is 0. The van der Waals surface area contributed by atoms with Gasteiger partial charge in [0.15, 0.2) is 0 Å². The molecule has 1 aliphatic heterocycles.